The van der Waals surface area contributed by atoms with Gasteiger partial charge >= 0.3 is 6.09 Å². The van der Waals surface area contributed by atoms with E-state index in [1.54, 1.807) is 18.4 Å². The van der Waals surface area contributed by atoms with E-state index >= 15 is 0 Å². The van der Waals surface area contributed by atoms with Crippen LogP contribution in [0.3, 0.4) is 0 Å². The van der Waals surface area contributed by atoms with Gasteiger partial charge in [0.2, 0.25) is 0 Å². The molecule has 25 heavy (non-hydrogen) atoms. The predicted molar refractivity (Wildman–Crippen MR) is 100 cm³/mol. The van der Waals surface area contributed by atoms with Crippen LogP contribution in [0.15, 0.2) is 17.5 Å². The summed E-state index contributed by atoms with van der Waals surface area (Å²) in [5, 5.41) is 14.6. The molecule has 1 aromatic carbocycles. The number of fused-ring (bicyclic) bond motifs is 1. The van der Waals surface area contributed by atoms with Crippen molar-refractivity contribution in [3.63, 3.8) is 0 Å². The molecule has 0 unspecified atom stereocenters. The number of amides is 1. The monoisotopic (exact) mass is 376 g/mol. The third-order valence-corrected chi connectivity index (χ3v) is 5.99. The molecule has 3 heterocycles. The Morgan fingerprint density at radius 2 is 2.12 bits per heavy atom. The second-order valence-electron chi connectivity index (χ2n) is 5.65. The number of anilines is 2. The molecule has 0 spiro atoms. The Balaban J connectivity index is 1.78. The first-order chi connectivity index (χ1) is 12.2. The zero-order valence-corrected chi connectivity index (χ0v) is 15.1. The van der Waals surface area contributed by atoms with Crippen LogP contribution in [0.5, 0.6) is 5.75 Å². The Labute approximate surface area is 151 Å². The lowest BCUT2D eigenvalue weighted by Gasteiger charge is -2.12. The number of carbonyl (C=O) groups is 1. The van der Waals surface area contributed by atoms with Crippen molar-refractivity contribution in [2.45, 2.75) is 12.8 Å². The molecule has 4 rings (SSSR count). The predicted octanol–water partition coefficient (Wildman–Crippen LogP) is 4.12. The third kappa shape index (κ3) is 3.00. The van der Waals surface area contributed by atoms with Crippen molar-refractivity contribution in [3.05, 3.63) is 17.5 Å². The lowest BCUT2D eigenvalue weighted by molar-refractivity contribution is 0.209. The highest BCUT2D eigenvalue weighted by molar-refractivity contribution is 7.23. The summed E-state index contributed by atoms with van der Waals surface area (Å²) in [6, 6.07) is 3.80. The zero-order valence-electron chi connectivity index (χ0n) is 13.5. The van der Waals surface area contributed by atoms with Gasteiger partial charge in [-0.2, -0.15) is 0 Å². The van der Waals surface area contributed by atoms with Gasteiger partial charge in [-0.1, -0.05) is 11.3 Å². The standard InChI is InChI=1S/C16H16N4O3S2/c1-23-11-5-4-9(13-12(11)18-14(25-13)19-16(21)22)10-8-24-15(17-10)20-6-2-3-7-20/h4-5,8H,2-3,6-7H2,1H3,(H,18,19)(H,21,22). The fraction of sp³-hybridized carbons (Fsp3) is 0.312. The van der Waals surface area contributed by atoms with Crippen LogP contribution in [0.25, 0.3) is 21.5 Å². The number of hydrogen-bond acceptors (Lipinski definition) is 7. The molecule has 1 fully saturated rings. The van der Waals surface area contributed by atoms with Gasteiger partial charge < -0.3 is 14.7 Å². The van der Waals surface area contributed by atoms with E-state index in [4.69, 9.17) is 14.8 Å². The number of benzene rings is 1. The summed E-state index contributed by atoms with van der Waals surface area (Å²) >= 11 is 2.92. The summed E-state index contributed by atoms with van der Waals surface area (Å²) in [7, 11) is 1.58. The number of methoxy groups -OCH3 is 1. The van der Waals surface area contributed by atoms with E-state index < -0.39 is 6.09 Å². The summed E-state index contributed by atoms with van der Waals surface area (Å²) in [5.74, 6) is 0.614. The summed E-state index contributed by atoms with van der Waals surface area (Å²) in [5.41, 5.74) is 2.46. The first-order valence-corrected chi connectivity index (χ1v) is 9.53. The first-order valence-electron chi connectivity index (χ1n) is 7.84. The lowest BCUT2D eigenvalue weighted by Crippen LogP contribution is -2.17. The maximum absolute atomic E-state index is 10.9. The molecular weight excluding hydrogens is 360 g/mol. The average molecular weight is 376 g/mol. The van der Waals surface area contributed by atoms with Gasteiger partial charge in [0.15, 0.2) is 10.3 Å². The Kier molecular flexibility index (Phi) is 4.18. The number of carboxylic acid groups (broad SMARTS) is 1. The molecule has 0 atom stereocenters. The average Bonchev–Trinajstić information content (AvgIpc) is 3.32. The third-order valence-electron chi connectivity index (χ3n) is 4.08. The van der Waals surface area contributed by atoms with Gasteiger partial charge in [0.05, 0.1) is 17.5 Å². The molecule has 0 bridgehead atoms. The van der Waals surface area contributed by atoms with Gasteiger partial charge in [-0.25, -0.2) is 14.8 Å². The Morgan fingerprint density at radius 1 is 1.32 bits per heavy atom. The largest absolute Gasteiger partial charge is 0.494 e. The first kappa shape index (κ1) is 16.1. The fourth-order valence-corrected chi connectivity index (χ4v) is 4.81. The number of aromatic nitrogens is 2. The van der Waals surface area contributed by atoms with E-state index in [1.807, 2.05) is 17.5 Å². The van der Waals surface area contributed by atoms with E-state index in [0.717, 1.165) is 34.2 Å². The molecule has 0 radical (unpaired) electrons. The molecule has 3 aromatic rings. The number of thiazole rings is 2. The Bertz CT molecular complexity index is 931. The van der Waals surface area contributed by atoms with Crippen molar-refractivity contribution in [3.8, 4) is 17.0 Å². The molecule has 130 valence electrons. The van der Waals surface area contributed by atoms with E-state index in [2.05, 4.69) is 15.2 Å². The van der Waals surface area contributed by atoms with Crippen LogP contribution in [-0.2, 0) is 0 Å². The number of rotatable bonds is 4. The smallest absolute Gasteiger partial charge is 0.410 e. The molecule has 1 saturated heterocycles. The van der Waals surface area contributed by atoms with Crippen LogP contribution >= 0.6 is 22.7 Å². The highest BCUT2D eigenvalue weighted by Crippen LogP contribution is 2.40. The van der Waals surface area contributed by atoms with Gasteiger partial charge in [0, 0.05) is 24.0 Å². The molecule has 0 aliphatic carbocycles. The number of ether oxygens (including phenoxy) is 1. The molecular formula is C16H16N4O3S2. The summed E-state index contributed by atoms with van der Waals surface area (Å²) < 4.78 is 6.23. The SMILES string of the molecule is COc1ccc(-c2csc(N3CCCC3)n2)c2sc(NC(=O)O)nc12. The van der Waals surface area contributed by atoms with Gasteiger partial charge in [-0.15, -0.1) is 11.3 Å². The van der Waals surface area contributed by atoms with E-state index in [-0.39, 0.29) is 0 Å². The van der Waals surface area contributed by atoms with Gasteiger partial charge in [0.1, 0.15) is 11.3 Å². The van der Waals surface area contributed by atoms with Crippen LogP contribution in [-0.4, -0.2) is 41.4 Å². The number of nitrogens with zero attached hydrogens (tertiary/aromatic N) is 3. The quantitative estimate of drug-likeness (QED) is 0.712. The maximum Gasteiger partial charge on any atom is 0.410 e. The molecule has 2 N–H and O–H groups in total. The molecule has 1 aliphatic heterocycles. The Morgan fingerprint density at radius 3 is 2.84 bits per heavy atom. The van der Waals surface area contributed by atoms with Crippen LogP contribution in [0, 0.1) is 0 Å². The van der Waals surface area contributed by atoms with Crippen LogP contribution in [0.4, 0.5) is 15.1 Å². The van der Waals surface area contributed by atoms with Crippen molar-refractivity contribution in [1.82, 2.24) is 9.97 Å². The minimum Gasteiger partial charge on any atom is -0.494 e. The van der Waals surface area contributed by atoms with Crippen LogP contribution in [0.1, 0.15) is 12.8 Å². The molecule has 7 nitrogen and oxygen atoms in total. The molecule has 1 amide bonds. The second-order valence-corrected chi connectivity index (χ2v) is 7.49. The van der Waals surface area contributed by atoms with Crippen molar-refractivity contribution in [2.75, 3.05) is 30.4 Å². The minimum absolute atomic E-state index is 0.322. The highest BCUT2D eigenvalue weighted by Gasteiger charge is 2.19. The van der Waals surface area contributed by atoms with Gasteiger partial charge in [-0.3, -0.25) is 5.32 Å². The number of nitrogens with one attached hydrogen (secondary N) is 1. The summed E-state index contributed by atoms with van der Waals surface area (Å²) in [6.45, 7) is 2.11. The molecule has 2 aromatic heterocycles. The van der Waals surface area contributed by atoms with E-state index in [9.17, 15) is 4.79 Å². The topological polar surface area (TPSA) is 87.6 Å². The van der Waals surface area contributed by atoms with E-state index in [1.165, 1.54) is 24.2 Å². The van der Waals surface area contributed by atoms with Crippen molar-refractivity contribution < 1.29 is 14.6 Å². The lowest BCUT2D eigenvalue weighted by atomic mass is 10.1. The molecule has 0 saturated carbocycles. The van der Waals surface area contributed by atoms with Crippen molar-refractivity contribution in [2.24, 2.45) is 0 Å². The highest BCUT2D eigenvalue weighted by atomic mass is 32.1. The summed E-state index contributed by atoms with van der Waals surface area (Å²) in [6.07, 6.45) is 1.28. The number of hydrogen-bond donors (Lipinski definition) is 2. The molecule has 9 heteroatoms. The minimum atomic E-state index is -1.13. The van der Waals surface area contributed by atoms with Crippen LogP contribution in [0.2, 0.25) is 0 Å². The zero-order chi connectivity index (χ0) is 17.4. The van der Waals surface area contributed by atoms with Gasteiger partial charge in [-0.05, 0) is 25.0 Å². The second kappa shape index (κ2) is 6.49. The fourth-order valence-electron chi connectivity index (χ4n) is 2.94. The van der Waals surface area contributed by atoms with E-state index in [0.29, 0.717) is 16.4 Å². The normalized spacial score (nSPS) is 14.2. The molecule has 1 aliphatic rings. The van der Waals surface area contributed by atoms with Crippen molar-refractivity contribution in [1.29, 1.82) is 0 Å². The van der Waals surface area contributed by atoms with Crippen molar-refractivity contribution >= 4 is 49.2 Å². The Hall–Kier alpha value is -2.39. The van der Waals surface area contributed by atoms with Crippen LogP contribution < -0.4 is 15.0 Å². The maximum atomic E-state index is 10.9. The summed E-state index contributed by atoms with van der Waals surface area (Å²) in [4.78, 5) is 22.4. The van der Waals surface area contributed by atoms with Gasteiger partial charge in [0.25, 0.3) is 0 Å².